The molecule has 1 radical (unpaired) electrons. The molecule has 5 nitrogen and oxygen atoms in total. The summed E-state index contributed by atoms with van der Waals surface area (Å²) in [6, 6.07) is 0. The van der Waals surface area contributed by atoms with Gasteiger partial charge in [-0.05, 0) is 13.1 Å². The van der Waals surface area contributed by atoms with Crippen molar-refractivity contribution >= 4 is 0 Å². The van der Waals surface area contributed by atoms with Gasteiger partial charge in [-0.3, -0.25) is 0 Å². The molecule has 1 aliphatic heterocycles. The van der Waals surface area contributed by atoms with Crippen LogP contribution in [-0.2, 0) is 16.8 Å². The normalized spacial score (nSPS) is 19.2. The van der Waals surface area contributed by atoms with Crippen LogP contribution in [0, 0.1) is 6.42 Å². The molecule has 6 heteroatoms. The Morgan fingerprint density at radius 2 is 0.933 bits per heavy atom. The summed E-state index contributed by atoms with van der Waals surface area (Å²) in [6.07, 6.45) is 4.75. The van der Waals surface area contributed by atoms with Crippen molar-refractivity contribution in [2.24, 2.45) is 0 Å². The molecule has 0 amide bonds. The summed E-state index contributed by atoms with van der Waals surface area (Å²) in [5, 5.41) is 10.1. The standard InChI is InChI=1S/C9H20N3.Co.2H2O/c1-2-4-10-6-8-12-9-7-11-5-3-1;;;/h1,10-12H,2-9H2;;2*1H2/q-1;;;. The van der Waals surface area contributed by atoms with Crippen molar-refractivity contribution in [3.05, 3.63) is 6.42 Å². The number of hydrogen-bond acceptors (Lipinski definition) is 3. The van der Waals surface area contributed by atoms with E-state index in [1.54, 1.807) is 0 Å². The predicted molar refractivity (Wildman–Crippen MR) is 59.4 cm³/mol. The van der Waals surface area contributed by atoms with Gasteiger partial charge in [0.05, 0.1) is 0 Å². The molecule has 7 N–H and O–H groups in total. The third-order valence-electron chi connectivity index (χ3n) is 2.01. The van der Waals surface area contributed by atoms with Gasteiger partial charge in [0, 0.05) is 43.0 Å². The van der Waals surface area contributed by atoms with Crippen molar-refractivity contribution in [3.8, 4) is 0 Å². The zero-order valence-electron chi connectivity index (χ0n) is 9.07. The van der Waals surface area contributed by atoms with Crippen molar-refractivity contribution in [2.75, 3.05) is 39.3 Å². The van der Waals surface area contributed by atoms with Crippen molar-refractivity contribution in [1.82, 2.24) is 16.0 Å². The van der Waals surface area contributed by atoms with Gasteiger partial charge in [0.1, 0.15) is 0 Å². The molecule has 0 spiro atoms. The predicted octanol–water partition coefficient (Wildman–Crippen LogP) is -1.90. The van der Waals surface area contributed by atoms with Crippen LogP contribution in [0.15, 0.2) is 0 Å². The van der Waals surface area contributed by atoms with Crippen LogP contribution < -0.4 is 16.0 Å². The van der Waals surface area contributed by atoms with E-state index in [1.165, 1.54) is 12.8 Å². The summed E-state index contributed by atoms with van der Waals surface area (Å²) in [6.45, 7) is 6.61. The SMILES string of the molecule is O.O.[CH-]1CCNCCNCCNCC1.[Co]. The van der Waals surface area contributed by atoms with Crippen LogP contribution >= 0.6 is 0 Å². The molecule has 0 unspecified atom stereocenters. The Hall–Kier alpha value is 0.306. The fourth-order valence-corrected chi connectivity index (χ4v) is 1.28. The molecule has 1 heterocycles. The first-order valence-corrected chi connectivity index (χ1v) is 4.94. The Morgan fingerprint density at radius 1 is 0.600 bits per heavy atom. The van der Waals surface area contributed by atoms with Crippen LogP contribution in [0.5, 0.6) is 0 Å². The summed E-state index contributed by atoms with van der Waals surface area (Å²) in [5.74, 6) is 0. The molecule has 1 saturated heterocycles. The van der Waals surface area contributed by atoms with Gasteiger partial charge < -0.3 is 33.3 Å². The molecule has 0 aliphatic carbocycles. The summed E-state index contributed by atoms with van der Waals surface area (Å²) in [5.41, 5.74) is 0. The quantitative estimate of drug-likeness (QED) is 0.446. The average Bonchev–Trinajstić information content (AvgIpc) is 2.05. The van der Waals surface area contributed by atoms with Gasteiger partial charge in [-0.1, -0.05) is 0 Å². The summed E-state index contributed by atoms with van der Waals surface area (Å²) >= 11 is 0. The van der Waals surface area contributed by atoms with E-state index in [4.69, 9.17) is 0 Å². The first kappa shape index (κ1) is 20.7. The molecule has 0 aromatic heterocycles. The zero-order chi connectivity index (χ0) is 8.49. The minimum atomic E-state index is 0. The maximum absolute atomic E-state index is 3.39. The van der Waals surface area contributed by atoms with Gasteiger partial charge in [-0.25, -0.2) is 0 Å². The molecule has 0 bridgehead atoms. The van der Waals surface area contributed by atoms with Crippen molar-refractivity contribution in [1.29, 1.82) is 0 Å². The first-order valence-electron chi connectivity index (χ1n) is 4.94. The van der Waals surface area contributed by atoms with E-state index < -0.39 is 0 Å². The smallest absolute Gasteiger partial charge is 0.00772 e. The molecule has 1 aliphatic rings. The van der Waals surface area contributed by atoms with Crippen LogP contribution in [0.1, 0.15) is 12.8 Å². The van der Waals surface area contributed by atoms with Gasteiger partial charge in [-0.2, -0.15) is 12.8 Å². The Labute approximate surface area is 103 Å². The van der Waals surface area contributed by atoms with Crippen LogP contribution in [0.25, 0.3) is 0 Å². The summed E-state index contributed by atoms with van der Waals surface area (Å²) in [4.78, 5) is 0. The molecule has 1 rings (SSSR count). The molecule has 0 saturated carbocycles. The van der Waals surface area contributed by atoms with Crippen LogP contribution in [-0.4, -0.2) is 50.2 Å². The molecule has 15 heavy (non-hydrogen) atoms. The molecule has 0 aromatic rings. The van der Waals surface area contributed by atoms with Crippen molar-refractivity contribution < 1.29 is 27.7 Å². The Morgan fingerprint density at radius 3 is 1.33 bits per heavy atom. The average molecular weight is 265 g/mol. The van der Waals surface area contributed by atoms with Gasteiger partial charge in [-0.15, -0.1) is 0 Å². The van der Waals surface area contributed by atoms with Gasteiger partial charge in [0.15, 0.2) is 0 Å². The van der Waals surface area contributed by atoms with Gasteiger partial charge in [0.2, 0.25) is 0 Å². The van der Waals surface area contributed by atoms with E-state index >= 15 is 0 Å². The second-order valence-electron chi connectivity index (χ2n) is 3.12. The zero-order valence-corrected chi connectivity index (χ0v) is 10.1. The molecular formula is C9H24CoN3O2-. The second kappa shape index (κ2) is 16.7. The largest absolute Gasteiger partial charge is 0.412 e. The monoisotopic (exact) mass is 265 g/mol. The van der Waals surface area contributed by atoms with Gasteiger partial charge >= 0.3 is 0 Å². The summed E-state index contributed by atoms with van der Waals surface area (Å²) in [7, 11) is 0. The molecule has 0 atom stereocenters. The van der Waals surface area contributed by atoms with Gasteiger partial charge in [0.25, 0.3) is 0 Å². The van der Waals surface area contributed by atoms with E-state index in [0.29, 0.717) is 0 Å². The van der Waals surface area contributed by atoms with E-state index in [1.807, 2.05) is 0 Å². The Bertz CT molecular complexity index is 66.3. The van der Waals surface area contributed by atoms with E-state index in [-0.39, 0.29) is 27.7 Å². The Balaban J connectivity index is -0.000000480. The maximum Gasteiger partial charge on any atom is 0.00772 e. The maximum atomic E-state index is 3.39. The molecular weight excluding hydrogens is 241 g/mol. The first-order chi connectivity index (χ1) is 6.00. The van der Waals surface area contributed by atoms with Crippen LogP contribution in [0.4, 0.5) is 0 Å². The molecule has 97 valence electrons. The Kier molecular flexibility index (Phi) is 23.1. The van der Waals surface area contributed by atoms with E-state index in [0.717, 1.165) is 39.3 Å². The minimum absolute atomic E-state index is 0. The minimum Gasteiger partial charge on any atom is -0.412 e. The molecule has 0 aromatic carbocycles. The third kappa shape index (κ3) is 14.3. The fourth-order valence-electron chi connectivity index (χ4n) is 1.28. The third-order valence-corrected chi connectivity index (χ3v) is 2.01. The fraction of sp³-hybridized carbons (Fsp3) is 0.889. The number of hydrogen-bond donors (Lipinski definition) is 3. The van der Waals surface area contributed by atoms with Crippen LogP contribution in [0.2, 0.25) is 0 Å². The molecule has 1 fully saturated rings. The number of rotatable bonds is 0. The second-order valence-corrected chi connectivity index (χ2v) is 3.12. The summed E-state index contributed by atoms with van der Waals surface area (Å²) < 4.78 is 0. The van der Waals surface area contributed by atoms with Crippen molar-refractivity contribution in [3.63, 3.8) is 0 Å². The van der Waals surface area contributed by atoms with E-state index in [9.17, 15) is 0 Å². The van der Waals surface area contributed by atoms with E-state index in [2.05, 4.69) is 22.4 Å². The number of nitrogens with one attached hydrogen (secondary N) is 3. The van der Waals surface area contributed by atoms with Crippen molar-refractivity contribution in [2.45, 2.75) is 12.8 Å². The topological polar surface area (TPSA) is 99.1 Å². The van der Waals surface area contributed by atoms with Crippen LogP contribution in [0.3, 0.4) is 0 Å².